The highest BCUT2D eigenvalue weighted by Gasteiger charge is 2.22. The fourth-order valence-corrected chi connectivity index (χ4v) is 3.07. The second-order valence-electron chi connectivity index (χ2n) is 5.18. The molecular formula is C16H20ClN2+. The molecular weight excluding hydrogens is 256 g/mol. The van der Waals surface area contributed by atoms with E-state index in [2.05, 4.69) is 34.6 Å². The molecule has 0 atom stereocenters. The molecule has 1 heterocycles. The normalized spacial score (nSPS) is 14.4. The van der Waals surface area contributed by atoms with Gasteiger partial charge in [0.15, 0.2) is 5.69 Å². The van der Waals surface area contributed by atoms with Crippen LogP contribution in [0.5, 0.6) is 0 Å². The highest BCUT2D eigenvalue weighted by Crippen LogP contribution is 2.31. The summed E-state index contributed by atoms with van der Waals surface area (Å²) in [6, 6.07) is 8.56. The predicted octanol–water partition coefficient (Wildman–Crippen LogP) is 3.57. The average molecular weight is 276 g/mol. The number of fused-ring (bicyclic) bond motifs is 2. The van der Waals surface area contributed by atoms with Crippen LogP contribution in [0.15, 0.2) is 24.3 Å². The first-order valence-electron chi connectivity index (χ1n) is 7.16. The van der Waals surface area contributed by atoms with Crippen LogP contribution in [0.2, 0.25) is 0 Å². The number of para-hydroxylation sites is 1. The quantitative estimate of drug-likeness (QED) is 0.670. The Kier molecular flexibility index (Phi) is 3.88. The second-order valence-corrected chi connectivity index (χ2v) is 5.56. The van der Waals surface area contributed by atoms with Gasteiger partial charge in [0.25, 0.3) is 0 Å². The van der Waals surface area contributed by atoms with Crippen molar-refractivity contribution in [2.75, 3.05) is 17.7 Å². The Morgan fingerprint density at radius 2 is 2.00 bits per heavy atom. The number of aryl methyl sites for hydroxylation is 1. The monoisotopic (exact) mass is 275 g/mol. The van der Waals surface area contributed by atoms with Crippen molar-refractivity contribution >= 4 is 28.2 Å². The summed E-state index contributed by atoms with van der Waals surface area (Å²) in [5, 5.41) is 4.92. The number of halogens is 1. The summed E-state index contributed by atoms with van der Waals surface area (Å²) in [7, 11) is 0. The summed E-state index contributed by atoms with van der Waals surface area (Å²) in [5.41, 5.74) is 5.46. The van der Waals surface area contributed by atoms with Gasteiger partial charge in [0.1, 0.15) is 0 Å². The van der Waals surface area contributed by atoms with E-state index in [1.807, 2.05) is 0 Å². The fourth-order valence-electron chi connectivity index (χ4n) is 2.94. The van der Waals surface area contributed by atoms with Gasteiger partial charge in [-0.05, 0) is 31.7 Å². The molecule has 0 saturated carbocycles. The predicted molar refractivity (Wildman–Crippen MR) is 81.0 cm³/mol. The third kappa shape index (κ3) is 2.55. The van der Waals surface area contributed by atoms with Crippen LogP contribution < -0.4 is 10.3 Å². The first kappa shape index (κ1) is 12.7. The standard InChI is InChI=1S/C16H19ClN2/c17-10-5-11-18-16-12-6-1-3-8-14(12)19-15-9-4-2-7-13(15)16/h1,3,6,8H,2,4-5,7,9-11H2,(H,18,19)/p+1. The first-order valence-corrected chi connectivity index (χ1v) is 7.69. The molecule has 0 unspecified atom stereocenters. The molecule has 3 rings (SSSR count). The molecule has 1 aliphatic carbocycles. The van der Waals surface area contributed by atoms with Crippen molar-refractivity contribution in [2.24, 2.45) is 0 Å². The summed E-state index contributed by atoms with van der Waals surface area (Å²) in [5.74, 6) is 0.714. The largest absolute Gasteiger partial charge is 0.384 e. The Hall–Kier alpha value is -1.28. The van der Waals surface area contributed by atoms with Gasteiger partial charge in [-0.1, -0.05) is 12.1 Å². The van der Waals surface area contributed by atoms with Gasteiger partial charge in [0.2, 0.25) is 5.52 Å². The Morgan fingerprint density at radius 3 is 2.89 bits per heavy atom. The molecule has 1 aromatic carbocycles. The number of hydrogen-bond donors (Lipinski definition) is 1. The van der Waals surface area contributed by atoms with Crippen molar-refractivity contribution in [3.8, 4) is 0 Å². The van der Waals surface area contributed by atoms with Crippen LogP contribution in [0.4, 0.5) is 5.69 Å². The summed E-state index contributed by atoms with van der Waals surface area (Å²) < 4.78 is 0. The minimum absolute atomic E-state index is 0.714. The van der Waals surface area contributed by atoms with Crippen LogP contribution in [0, 0.1) is 0 Å². The van der Waals surface area contributed by atoms with Gasteiger partial charge in [0, 0.05) is 30.5 Å². The van der Waals surface area contributed by atoms with Crippen LogP contribution in [-0.4, -0.2) is 12.4 Å². The molecule has 2 N–H and O–H groups in total. The van der Waals surface area contributed by atoms with Crippen LogP contribution >= 0.6 is 11.6 Å². The van der Waals surface area contributed by atoms with E-state index in [1.54, 1.807) is 0 Å². The smallest absolute Gasteiger partial charge is 0.213 e. The molecule has 100 valence electrons. The highest BCUT2D eigenvalue weighted by molar-refractivity contribution is 6.17. The van der Waals surface area contributed by atoms with E-state index < -0.39 is 0 Å². The van der Waals surface area contributed by atoms with Gasteiger partial charge in [0.05, 0.1) is 11.1 Å². The lowest BCUT2D eigenvalue weighted by Gasteiger charge is -2.17. The van der Waals surface area contributed by atoms with Gasteiger partial charge < -0.3 is 5.32 Å². The number of rotatable bonds is 4. The number of nitrogens with one attached hydrogen (secondary N) is 2. The third-order valence-electron chi connectivity index (χ3n) is 3.86. The molecule has 0 aliphatic heterocycles. The third-order valence-corrected chi connectivity index (χ3v) is 4.13. The molecule has 0 saturated heterocycles. The van der Waals surface area contributed by atoms with Gasteiger partial charge in [-0.15, -0.1) is 11.6 Å². The van der Waals surface area contributed by atoms with Gasteiger partial charge >= 0.3 is 0 Å². The molecule has 0 amide bonds. The summed E-state index contributed by atoms with van der Waals surface area (Å²) in [6.45, 7) is 0.948. The second kappa shape index (κ2) is 5.79. The number of pyridine rings is 1. The number of hydrogen-bond acceptors (Lipinski definition) is 1. The maximum Gasteiger partial charge on any atom is 0.213 e. The zero-order valence-electron chi connectivity index (χ0n) is 11.1. The minimum atomic E-state index is 0.714. The Balaban J connectivity index is 2.08. The fraction of sp³-hybridized carbons (Fsp3) is 0.438. The number of benzene rings is 1. The lowest BCUT2D eigenvalue weighted by Crippen LogP contribution is -2.21. The van der Waals surface area contributed by atoms with Crippen LogP contribution in [-0.2, 0) is 12.8 Å². The van der Waals surface area contributed by atoms with Crippen molar-refractivity contribution in [3.63, 3.8) is 0 Å². The highest BCUT2D eigenvalue weighted by atomic mass is 35.5. The molecule has 2 nitrogen and oxygen atoms in total. The number of alkyl halides is 1. The summed E-state index contributed by atoms with van der Waals surface area (Å²) in [4.78, 5) is 3.61. The number of anilines is 1. The molecule has 0 fully saturated rings. The molecule has 3 heteroatoms. The molecule has 0 spiro atoms. The zero-order valence-corrected chi connectivity index (χ0v) is 11.9. The van der Waals surface area contributed by atoms with E-state index in [0.717, 1.165) is 13.0 Å². The van der Waals surface area contributed by atoms with Crippen molar-refractivity contribution in [2.45, 2.75) is 32.1 Å². The van der Waals surface area contributed by atoms with Crippen molar-refractivity contribution in [3.05, 3.63) is 35.5 Å². The minimum Gasteiger partial charge on any atom is -0.384 e. The SMILES string of the molecule is ClCCCNc1c2c([nH+]c3ccccc13)CCCC2. The number of aromatic nitrogens is 1. The van der Waals surface area contributed by atoms with Crippen LogP contribution in [0.1, 0.15) is 30.5 Å². The molecule has 1 aliphatic rings. The van der Waals surface area contributed by atoms with Crippen molar-refractivity contribution in [1.29, 1.82) is 0 Å². The molecule has 19 heavy (non-hydrogen) atoms. The van der Waals surface area contributed by atoms with Gasteiger partial charge in [-0.3, -0.25) is 0 Å². The maximum absolute atomic E-state index is 5.78. The summed E-state index contributed by atoms with van der Waals surface area (Å²) >= 11 is 5.78. The Bertz CT molecular complexity index is 580. The van der Waals surface area contributed by atoms with Crippen molar-refractivity contribution < 1.29 is 4.98 Å². The van der Waals surface area contributed by atoms with E-state index in [1.165, 1.54) is 53.5 Å². The van der Waals surface area contributed by atoms with E-state index in [4.69, 9.17) is 11.6 Å². The van der Waals surface area contributed by atoms with E-state index in [0.29, 0.717) is 5.88 Å². The average Bonchev–Trinajstić information content (AvgIpc) is 2.46. The topological polar surface area (TPSA) is 26.2 Å². The van der Waals surface area contributed by atoms with E-state index in [9.17, 15) is 0 Å². The summed E-state index contributed by atoms with van der Waals surface area (Å²) in [6.07, 6.45) is 5.94. The Labute approximate surface area is 119 Å². The molecule has 0 radical (unpaired) electrons. The van der Waals surface area contributed by atoms with Gasteiger partial charge in [-0.2, -0.15) is 0 Å². The molecule has 2 aromatic rings. The lowest BCUT2D eigenvalue weighted by atomic mass is 9.92. The number of H-pyrrole nitrogens is 1. The van der Waals surface area contributed by atoms with E-state index >= 15 is 0 Å². The molecule has 1 aromatic heterocycles. The lowest BCUT2D eigenvalue weighted by molar-refractivity contribution is -0.359. The van der Waals surface area contributed by atoms with Crippen LogP contribution in [0.25, 0.3) is 10.9 Å². The van der Waals surface area contributed by atoms with Gasteiger partial charge in [-0.25, -0.2) is 4.98 Å². The van der Waals surface area contributed by atoms with Crippen LogP contribution in [0.3, 0.4) is 0 Å². The number of aromatic amines is 1. The van der Waals surface area contributed by atoms with Crippen molar-refractivity contribution in [1.82, 2.24) is 0 Å². The molecule has 0 bridgehead atoms. The Morgan fingerprint density at radius 1 is 1.16 bits per heavy atom. The maximum atomic E-state index is 5.78. The zero-order chi connectivity index (χ0) is 13.1. The van der Waals surface area contributed by atoms with E-state index in [-0.39, 0.29) is 0 Å². The first-order chi connectivity index (χ1) is 9.40.